The Kier molecular flexibility index (Phi) is 7.71. The zero-order valence-corrected chi connectivity index (χ0v) is 20.4. The van der Waals surface area contributed by atoms with Crippen LogP contribution in [0, 0.1) is 6.92 Å². The van der Waals surface area contributed by atoms with Gasteiger partial charge in [-0.05, 0) is 76.7 Å². The molecule has 2 amide bonds. The van der Waals surface area contributed by atoms with Crippen LogP contribution < -0.4 is 16.0 Å². The number of amides is 2. The van der Waals surface area contributed by atoms with Crippen molar-refractivity contribution in [2.24, 2.45) is 0 Å². The molecule has 0 fully saturated rings. The Labute approximate surface area is 200 Å². The molecule has 0 radical (unpaired) electrons. The maximum Gasteiger partial charge on any atom is 0.338 e. The summed E-state index contributed by atoms with van der Waals surface area (Å²) >= 11 is 5.52. The van der Waals surface area contributed by atoms with Crippen LogP contribution in [-0.2, 0) is 9.53 Å². The van der Waals surface area contributed by atoms with Gasteiger partial charge >= 0.3 is 12.0 Å². The highest BCUT2D eigenvalue weighted by atomic mass is 32.1. The fourth-order valence-corrected chi connectivity index (χ4v) is 4.03. The predicted octanol–water partition coefficient (Wildman–Crippen LogP) is 5.12. The van der Waals surface area contributed by atoms with E-state index in [2.05, 4.69) is 16.0 Å². The third-order valence-corrected chi connectivity index (χ3v) is 5.62. The third kappa shape index (κ3) is 5.90. The number of thiocarbonyl (C=S) groups is 1. The molecule has 2 aromatic carbocycles. The Morgan fingerprint density at radius 3 is 2.09 bits per heavy atom. The number of carbonyl (C=O) groups is 2. The predicted molar refractivity (Wildman–Crippen MR) is 135 cm³/mol. The van der Waals surface area contributed by atoms with Crippen LogP contribution in [0.25, 0.3) is 0 Å². The highest BCUT2D eigenvalue weighted by Gasteiger charge is 2.34. The maximum atomic E-state index is 12.9. The molecule has 2 aromatic rings. The van der Waals surface area contributed by atoms with E-state index in [-0.39, 0.29) is 18.1 Å². The van der Waals surface area contributed by atoms with Crippen molar-refractivity contribution in [2.45, 2.75) is 46.8 Å². The maximum absolute atomic E-state index is 12.9. The molecule has 7 nitrogen and oxygen atoms in total. The van der Waals surface area contributed by atoms with Crippen LogP contribution in [0.15, 0.2) is 59.8 Å². The van der Waals surface area contributed by atoms with E-state index in [0.29, 0.717) is 28.6 Å². The fraction of sp³-hybridized carbons (Fsp3) is 0.320. The van der Waals surface area contributed by atoms with Gasteiger partial charge in [0.1, 0.15) is 0 Å². The van der Waals surface area contributed by atoms with Gasteiger partial charge in [-0.25, -0.2) is 9.59 Å². The number of nitrogens with one attached hydrogen (secondary N) is 3. The van der Waals surface area contributed by atoms with Crippen molar-refractivity contribution in [3.8, 4) is 0 Å². The first kappa shape index (κ1) is 24.3. The number of aryl methyl sites for hydroxylation is 1. The number of nitrogens with zero attached hydrogens (tertiary/aromatic N) is 1. The van der Waals surface area contributed by atoms with Crippen molar-refractivity contribution in [2.75, 3.05) is 17.2 Å². The fourth-order valence-electron chi connectivity index (χ4n) is 3.64. The van der Waals surface area contributed by atoms with Gasteiger partial charge in [-0.2, -0.15) is 0 Å². The normalized spacial score (nSPS) is 15.9. The zero-order valence-electron chi connectivity index (χ0n) is 19.6. The summed E-state index contributed by atoms with van der Waals surface area (Å²) < 4.78 is 5.51. The summed E-state index contributed by atoms with van der Waals surface area (Å²) in [5.74, 6) is -0.374. The second-order valence-electron chi connectivity index (χ2n) is 8.15. The number of benzene rings is 2. The molecule has 0 aliphatic carbocycles. The second-order valence-corrected chi connectivity index (χ2v) is 8.53. The smallest absolute Gasteiger partial charge is 0.338 e. The van der Waals surface area contributed by atoms with E-state index in [1.807, 2.05) is 75.9 Å². The number of carbonyl (C=O) groups excluding carboxylic acids is 2. The molecular weight excluding hydrogens is 436 g/mol. The van der Waals surface area contributed by atoms with Gasteiger partial charge in [0.25, 0.3) is 0 Å². The van der Waals surface area contributed by atoms with Gasteiger partial charge in [-0.1, -0.05) is 29.8 Å². The molecular formula is C25H30N4O3S. The minimum atomic E-state index is -0.443. The van der Waals surface area contributed by atoms with Gasteiger partial charge in [-0.3, -0.25) is 0 Å². The molecule has 1 aliphatic heterocycles. The van der Waals surface area contributed by atoms with E-state index in [0.717, 1.165) is 16.8 Å². The Hall–Kier alpha value is -3.39. The van der Waals surface area contributed by atoms with Crippen molar-refractivity contribution >= 4 is 40.7 Å². The van der Waals surface area contributed by atoms with Gasteiger partial charge in [0.15, 0.2) is 5.11 Å². The lowest BCUT2D eigenvalue weighted by Crippen LogP contribution is -2.47. The lowest BCUT2D eigenvalue weighted by atomic mass is 9.94. The summed E-state index contributed by atoms with van der Waals surface area (Å²) in [6.45, 7) is 10.1. The summed E-state index contributed by atoms with van der Waals surface area (Å²) in [5, 5.41) is 9.45. The van der Waals surface area contributed by atoms with Crippen LogP contribution in [0.3, 0.4) is 0 Å². The number of rotatable bonds is 6. The quantitative estimate of drug-likeness (QED) is 0.405. The molecule has 174 valence electrons. The number of ether oxygens (including phenoxy) is 1. The van der Waals surface area contributed by atoms with E-state index in [1.165, 1.54) is 0 Å². The molecule has 1 atom stereocenters. The van der Waals surface area contributed by atoms with E-state index in [4.69, 9.17) is 17.0 Å². The van der Waals surface area contributed by atoms with Crippen LogP contribution >= 0.6 is 12.2 Å². The van der Waals surface area contributed by atoms with Gasteiger partial charge in [-0.15, -0.1) is 0 Å². The van der Waals surface area contributed by atoms with Gasteiger partial charge in [0.05, 0.1) is 17.7 Å². The molecule has 1 heterocycles. The average Bonchev–Trinajstić information content (AvgIpc) is 2.75. The average molecular weight is 467 g/mol. The first-order valence-corrected chi connectivity index (χ1v) is 11.3. The number of hydrogen-bond acceptors (Lipinski definition) is 4. The van der Waals surface area contributed by atoms with E-state index in [9.17, 15) is 9.59 Å². The zero-order chi connectivity index (χ0) is 24.1. The first-order valence-electron chi connectivity index (χ1n) is 10.9. The second kappa shape index (κ2) is 10.5. The highest BCUT2D eigenvalue weighted by Crippen LogP contribution is 2.32. The van der Waals surface area contributed by atoms with Crippen LogP contribution in [0.1, 0.15) is 44.9 Å². The number of allylic oxidation sites excluding steroid dienone is 1. The molecule has 8 heteroatoms. The summed E-state index contributed by atoms with van der Waals surface area (Å²) in [5.41, 5.74) is 4.60. The van der Waals surface area contributed by atoms with E-state index in [1.54, 1.807) is 12.1 Å². The van der Waals surface area contributed by atoms with Crippen molar-refractivity contribution in [1.82, 2.24) is 10.2 Å². The lowest BCUT2D eigenvalue weighted by molar-refractivity contribution is -0.143. The van der Waals surface area contributed by atoms with Gasteiger partial charge in [0, 0.05) is 23.6 Å². The number of hydrogen-bond donors (Lipinski definition) is 3. The van der Waals surface area contributed by atoms with Gasteiger partial charge in [0.2, 0.25) is 0 Å². The summed E-state index contributed by atoms with van der Waals surface area (Å²) in [4.78, 5) is 27.1. The number of anilines is 2. The Bertz CT molecular complexity index is 1060. The summed E-state index contributed by atoms with van der Waals surface area (Å²) in [7, 11) is 0. The molecule has 3 N–H and O–H groups in total. The SMILES string of the molecule is CCN1C(=S)NC(c2ccc(NC(=O)Nc3ccc(C)cc3)cc2)C(C(=O)OC(C)C)=C1C. The van der Waals surface area contributed by atoms with Crippen molar-refractivity contribution in [1.29, 1.82) is 0 Å². The Morgan fingerprint density at radius 2 is 1.58 bits per heavy atom. The Morgan fingerprint density at radius 1 is 1.03 bits per heavy atom. The van der Waals surface area contributed by atoms with Crippen LogP contribution in [0.4, 0.5) is 16.2 Å². The van der Waals surface area contributed by atoms with Crippen molar-refractivity contribution < 1.29 is 14.3 Å². The molecule has 33 heavy (non-hydrogen) atoms. The minimum absolute atomic E-state index is 0.235. The molecule has 0 bridgehead atoms. The van der Waals surface area contributed by atoms with Crippen LogP contribution in [0.5, 0.6) is 0 Å². The van der Waals surface area contributed by atoms with Crippen LogP contribution in [-0.4, -0.2) is 34.7 Å². The van der Waals surface area contributed by atoms with E-state index >= 15 is 0 Å². The summed E-state index contributed by atoms with van der Waals surface area (Å²) in [6, 6.07) is 14.1. The number of esters is 1. The molecule has 0 aromatic heterocycles. The molecule has 3 rings (SSSR count). The molecule has 0 spiro atoms. The number of urea groups is 1. The highest BCUT2D eigenvalue weighted by molar-refractivity contribution is 7.80. The van der Waals surface area contributed by atoms with Crippen LogP contribution in [0.2, 0.25) is 0 Å². The minimum Gasteiger partial charge on any atom is -0.459 e. The topological polar surface area (TPSA) is 82.7 Å². The molecule has 1 unspecified atom stereocenters. The third-order valence-electron chi connectivity index (χ3n) is 5.29. The first-order chi connectivity index (χ1) is 15.7. The van der Waals surface area contributed by atoms with Gasteiger partial charge < -0.3 is 25.6 Å². The van der Waals surface area contributed by atoms with E-state index < -0.39 is 6.04 Å². The van der Waals surface area contributed by atoms with Crippen molar-refractivity contribution in [3.05, 3.63) is 70.9 Å². The summed E-state index contributed by atoms with van der Waals surface area (Å²) in [6.07, 6.45) is -0.235. The molecule has 0 saturated heterocycles. The van der Waals surface area contributed by atoms with Crippen molar-refractivity contribution in [3.63, 3.8) is 0 Å². The monoisotopic (exact) mass is 466 g/mol. The standard InChI is InChI=1S/C25H30N4O3S/c1-6-29-17(5)21(23(30)32-15(2)3)22(28-25(29)33)18-9-13-20(14-10-18)27-24(31)26-19-11-7-16(4)8-12-19/h7-15,22H,6H2,1-5H3,(H,28,33)(H2,26,27,31). The Balaban J connectivity index is 1.79. The lowest BCUT2D eigenvalue weighted by Gasteiger charge is -2.37. The molecule has 0 saturated carbocycles. The largest absolute Gasteiger partial charge is 0.459 e. The molecule has 1 aliphatic rings.